The Morgan fingerprint density at radius 2 is 1.76 bits per heavy atom. The van der Waals surface area contributed by atoms with Gasteiger partial charge in [-0.25, -0.2) is 4.98 Å². The first-order valence-electron chi connectivity index (χ1n) is 6.40. The molecule has 1 heterocycles. The number of aryl methyl sites for hydroxylation is 2. The maximum absolute atomic E-state index is 12.7. The van der Waals surface area contributed by atoms with Gasteiger partial charge in [0.1, 0.15) is 5.01 Å². The van der Waals surface area contributed by atoms with Crippen molar-refractivity contribution in [2.24, 2.45) is 0 Å². The van der Waals surface area contributed by atoms with Crippen LogP contribution in [0, 0.1) is 13.8 Å². The predicted octanol–water partition coefficient (Wildman–Crippen LogP) is 5.60. The zero-order valence-corrected chi connectivity index (χ0v) is 12.3. The largest absolute Gasteiger partial charge is 0.416 e. The van der Waals surface area contributed by atoms with Crippen LogP contribution in [0.25, 0.3) is 20.8 Å². The van der Waals surface area contributed by atoms with Crippen molar-refractivity contribution in [1.29, 1.82) is 0 Å². The summed E-state index contributed by atoms with van der Waals surface area (Å²) in [5.74, 6) is 0. The second kappa shape index (κ2) is 4.84. The fourth-order valence-corrected chi connectivity index (χ4v) is 3.31. The Hall–Kier alpha value is -1.88. The highest BCUT2D eigenvalue weighted by Crippen LogP contribution is 2.36. The smallest absolute Gasteiger partial charge is 0.236 e. The molecule has 0 amide bonds. The molecule has 0 fully saturated rings. The van der Waals surface area contributed by atoms with E-state index in [1.165, 1.54) is 17.4 Å². The molecule has 0 aliphatic heterocycles. The molecule has 5 heteroatoms. The monoisotopic (exact) mass is 307 g/mol. The molecule has 0 atom stereocenters. The SMILES string of the molecule is Cc1ccc(-c2nc3cc(C(F)(F)F)ccc3s2)c(C)c1. The molecule has 0 bridgehead atoms. The highest BCUT2D eigenvalue weighted by molar-refractivity contribution is 7.21. The second-order valence-corrected chi connectivity index (χ2v) is 6.05. The van der Waals surface area contributed by atoms with Gasteiger partial charge in [0.2, 0.25) is 0 Å². The molecule has 0 aliphatic rings. The number of fused-ring (bicyclic) bond motifs is 1. The number of benzene rings is 2. The summed E-state index contributed by atoms with van der Waals surface area (Å²) in [6.07, 6.45) is -4.34. The third-order valence-electron chi connectivity index (χ3n) is 3.33. The lowest BCUT2D eigenvalue weighted by Crippen LogP contribution is -2.03. The first-order valence-corrected chi connectivity index (χ1v) is 7.21. The van der Waals surface area contributed by atoms with Gasteiger partial charge in [-0.1, -0.05) is 23.8 Å². The number of halogens is 3. The minimum Gasteiger partial charge on any atom is -0.236 e. The maximum atomic E-state index is 12.7. The van der Waals surface area contributed by atoms with Gasteiger partial charge in [0, 0.05) is 5.56 Å². The van der Waals surface area contributed by atoms with E-state index in [4.69, 9.17) is 0 Å². The first-order chi connectivity index (χ1) is 9.84. The fourth-order valence-electron chi connectivity index (χ4n) is 2.27. The Kier molecular flexibility index (Phi) is 3.24. The van der Waals surface area contributed by atoms with Crippen LogP contribution in [-0.2, 0) is 6.18 Å². The molecule has 2 aromatic carbocycles. The van der Waals surface area contributed by atoms with Gasteiger partial charge in [0.05, 0.1) is 15.8 Å². The summed E-state index contributed by atoms with van der Waals surface area (Å²) < 4.78 is 39.0. The number of alkyl halides is 3. The molecule has 0 unspecified atom stereocenters. The number of thiazole rings is 1. The van der Waals surface area contributed by atoms with Crippen LogP contribution in [0.4, 0.5) is 13.2 Å². The summed E-state index contributed by atoms with van der Waals surface area (Å²) in [5, 5.41) is 0.752. The van der Waals surface area contributed by atoms with E-state index in [9.17, 15) is 13.2 Å². The maximum Gasteiger partial charge on any atom is 0.416 e. The van der Waals surface area contributed by atoms with Crippen molar-refractivity contribution in [2.75, 3.05) is 0 Å². The number of hydrogen-bond donors (Lipinski definition) is 0. The molecule has 0 radical (unpaired) electrons. The number of hydrogen-bond acceptors (Lipinski definition) is 2. The van der Waals surface area contributed by atoms with Gasteiger partial charge in [-0.15, -0.1) is 11.3 Å². The van der Waals surface area contributed by atoms with Crippen molar-refractivity contribution in [2.45, 2.75) is 20.0 Å². The van der Waals surface area contributed by atoms with Crippen molar-refractivity contribution in [3.05, 3.63) is 53.1 Å². The minimum absolute atomic E-state index is 0.393. The Bertz CT molecular complexity index is 818. The zero-order chi connectivity index (χ0) is 15.2. The van der Waals surface area contributed by atoms with Crippen LogP contribution in [0.1, 0.15) is 16.7 Å². The third-order valence-corrected chi connectivity index (χ3v) is 4.40. The molecular weight excluding hydrogens is 295 g/mol. The molecule has 1 nitrogen and oxygen atoms in total. The van der Waals surface area contributed by atoms with Crippen LogP contribution >= 0.6 is 11.3 Å². The Morgan fingerprint density at radius 3 is 2.43 bits per heavy atom. The molecule has 0 saturated heterocycles. The predicted molar refractivity (Wildman–Crippen MR) is 79.5 cm³/mol. The lowest BCUT2D eigenvalue weighted by atomic mass is 10.1. The Balaban J connectivity index is 2.13. The second-order valence-electron chi connectivity index (χ2n) is 5.02. The molecule has 21 heavy (non-hydrogen) atoms. The Morgan fingerprint density at radius 1 is 1.00 bits per heavy atom. The van der Waals surface area contributed by atoms with Crippen LogP contribution in [0.15, 0.2) is 36.4 Å². The summed E-state index contributed by atoms with van der Waals surface area (Å²) in [7, 11) is 0. The van der Waals surface area contributed by atoms with E-state index in [2.05, 4.69) is 4.98 Å². The average molecular weight is 307 g/mol. The van der Waals surface area contributed by atoms with Crippen LogP contribution in [0.2, 0.25) is 0 Å². The summed E-state index contributed by atoms with van der Waals surface area (Å²) in [6.45, 7) is 3.99. The van der Waals surface area contributed by atoms with Gasteiger partial charge in [-0.05, 0) is 37.6 Å². The topological polar surface area (TPSA) is 12.9 Å². The molecule has 0 spiro atoms. The van der Waals surface area contributed by atoms with Crippen LogP contribution in [0.3, 0.4) is 0 Å². The summed E-state index contributed by atoms with van der Waals surface area (Å²) >= 11 is 1.41. The summed E-state index contributed by atoms with van der Waals surface area (Å²) in [4.78, 5) is 4.37. The van der Waals surface area contributed by atoms with Gasteiger partial charge in [-0.3, -0.25) is 0 Å². The van der Waals surface area contributed by atoms with Crippen molar-refractivity contribution in [3.63, 3.8) is 0 Å². The minimum atomic E-state index is -4.34. The lowest BCUT2D eigenvalue weighted by molar-refractivity contribution is -0.137. The van der Waals surface area contributed by atoms with E-state index < -0.39 is 11.7 Å². The van der Waals surface area contributed by atoms with Gasteiger partial charge in [0.15, 0.2) is 0 Å². The fraction of sp³-hybridized carbons (Fsp3) is 0.188. The molecule has 0 aliphatic carbocycles. The molecule has 3 rings (SSSR count). The lowest BCUT2D eigenvalue weighted by Gasteiger charge is -2.04. The Labute approximate surface area is 124 Å². The van der Waals surface area contributed by atoms with Gasteiger partial charge >= 0.3 is 6.18 Å². The van der Waals surface area contributed by atoms with Crippen molar-refractivity contribution in [1.82, 2.24) is 4.98 Å². The van der Waals surface area contributed by atoms with Gasteiger partial charge in [0.25, 0.3) is 0 Å². The zero-order valence-electron chi connectivity index (χ0n) is 11.5. The third kappa shape index (κ3) is 2.65. The van der Waals surface area contributed by atoms with E-state index in [1.807, 2.05) is 32.0 Å². The molecule has 108 valence electrons. The van der Waals surface area contributed by atoms with Crippen LogP contribution < -0.4 is 0 Å². The normalized spacial score (nSPS) is 12.0. The number of rotatable bonds is 1. The molecular formula is C16H12F3NS. The van der Waals surface area contributed by atoms with Crippen LogP contribution in [-0.4, -0.2) is 4.98 Å². The van der Waals surface area contributed by atoms with E-state index >= 15 is 0 Å². The highest BCUT2D eigenvalue weighted by Gasteiger charge is 2.30. The van der Waals surface area contributed by atoms with Crippen molar-refractivity contribution >= 4 is 21.6 Å². The summed E-state index contributed by atoms with van der Waals surface area (Å²) in [6, 6.07) is 9.69. The van der Waals surface area contributed by atoms with E-state index in [0.29, 0.717) is 5.52 Å². The van der Waals surface area contributed by atoms with Gasteiger partial charge < -0.3 is 0 Å². The van der Waals surface area contributed by atoms with Gasteiger partial charge in [-0.2, -0.15) is 13.2 Å². The van der Waals surface area contributed by atoms with E-state index in [1.54, 1.807) is 0 Å². The van der Waals surface area contributed by atoms with E-state index in [-0.39, 0.29) is 0 Å². The van der Waals surface area contributed by atoms with Crippen LogP contribution in [0.5, 0.6) is 0 Å². The molecule has 0 saturated carbocycles. The highest BCUT2D eigenvalue weighted by atomic mass is 32.1. The number of nitrogens with zero attached hydrogens (tertiary/aromatic N) is 1. The standard InChI is InChI=1S/C16H12F3NS/c1-9-3-5-12(10(2)7-9)15-20-13-8-11(16(17,18)19)4-6-14(13)21-15/h3-8H,1-2H3. The molecule has 1 aromatic heterocycles. The van der Waals surface area contributed by atoms with Crippen molar-refractivity contribution < 1.29 is 13.2 Å². The first kappa shape index (κ1) is 14.1. The molecule has 3 aromatic rings. The van der Waals surface area contributed by atoms with Crippen molar-refractivity contribution in [3.8, 4) is 10.6 Å². The quantitative estimate of drug-likeness (QED) is 0.570. The number of aromatic nitrogens is 1. The average Bonchev–Trinajstić information content (AvgIpc) is 2.79. The summed E-state index contributed by atoms with van der Waals surface area (Å²) in [5.41, 5.74) is 2.93. The molecule has 0 N–H and O–H groups in total. The van der Waals surface area contributed by atoms with E-state index in [0.717, 1.165) is 38.5 Å².